The molecule has 0 aliphatic carbocycles. The molecule has 84 valence electrons. The van der Waals surface area contributed by atoms with E-state index in [1.807, 2.05) is 6.92 Å². The Labute approximate surface area is 92.7 Å². The van der Waals surface area contributed by atoms with Crippen LogP contribution < -0.4 is 10.5 Å². The third-order valence-electron chi connectivity index (χ3n) is 1.94. The van der Waals surface area contributed by atoms with Gasteiger partial charge >= 0.3 is 0 Å². The standard InChI is InChI=1S/C9H14ClN3O2/c1-2-3-13(4-5-14)8-7(10)9(15)12-6-11-8/h6,14H,2-5H2,1H3,(H,11,12,15). The predicted octanol–water partition coefficient (Wildman–Crippen LogP) is 0.632. The number of halogens is 1. The van der Waals surface area contributed by atoms with Crippen LogP contribution in [-0.4, -0.2) is 34.8 Å². The summed E-state index contributed by atoms with van der Waals surface area (Å²) in [5.74, 6) is 0.427. The fourth-order valence-electron chi connectivity index (χ4n) is 1.31. The molecule has 1 aromatic rings. The molecule has 0 radical (unpaired) electrons. The number of hydrogen-bond acceptors (Lipinski definition) is 4. The van der Waals surface area contributed by atoms with Gasteiger partial charge in [0.2, 0.25) is 0 Å². The van der Waals surface area contributed by atoms with Crippen molar-refractivity contribution in [2.24, 2.45) is 0 Å². The molecule has 0 unspecified atom stereocenters. The van der Waals surface area contributed by atoms with E-state index in [1.165, 1.54) is 6.33 Å². The van der Waals surface area contributed by atoms with Crippen molar-refractivity contribution in [1.29, 1.82) is 0 Å². The van der Waals surface area contributed by atoms with Gasteiger partial charge in [-0.3, -0.25) is 4.79 Å². The molecule has 0 amide bonds. The van der Waals surface area contributed by atoms with Crippen LogP contribution in [0.4, 0.5) is 5.82 Å². The van der Waals surface area contributed by atoms with Crippen LogP contribution in [0.1, 0.15) is 13.3 Å². The molecule has 0 aliphatic rings. The van der Waals surface area contributed by atoms with Crippen molar-refractivity contribution in [3.05, 3.63) is 21.7 Å². The number of aromatic amines is 1. The van der Waals surface area contributed by atoms with Crippen molar-refractivity contribution in [1.82, 2.24) is 9.97 Å². The molecule has 0 aromatic carbocycles. The van der Waals surface area contributed by atoms with Gasteiger partial charge in [-0.2, -0.15) is 0 Å². The summed E-state index contributed by atoms with van der Waals surface area (Å²) in [6.45, 7) is 3.14. The number of H-pyrrole nitrogens is 1. The first-order valence-electron chi connectivity index (χ1n) is 4.79. The number of nitrogens with zero attached hydrogens (tertiary/aromatic N) is 2. The monoisotopic (exact) mass is 231 g/mol. The predicted molar refractivity (Wildman–Crippen MR) is 59.5 cm³/mol. The molecule has 5 nitrogen and oxygen atoms in total. The Morgan fingerprint density at radius 3 is 2.93 bits per heavy atom. The van der Waals surface area contributed by atoms with Crippen LogP contribution in [-0.2, 0) is 0 Å². The fourth-order valence-corrected chi connectivity index (χ4v) is 1.53. The smallest absolute Gasteiger partial charge is 0.271 e. The van der Waals surface area contributed by atoms with E-state index >= 15 is 0 Å². The van der Waals surface area contributed by atoms with Crippen LogP contribution >= 0.6 is 11.6 Å². The Kier molecular flexibility index (Phi) is 4.58. The van der Waals surface area contributed by atoms with Crippen molar-refractivity contribution in [2.75, 3.05) is 24.6 Å². The number of nitrogens with one attached hydrogen (secondary N) is 1. The van der Waals surface area contributed by atoms with Gasteiger partial charge < -0.3 is 15.0 Å². The molecule has 6 heteroatoms. The van der Waals surface area contributed by atoms with Crippen molar-refractivity contribution in [3.8, 4) is 0 Å². The van der Waals surface area contributed by atoms with Gasteiger partial charge in [0.15, 0.2) is 5.82 Å². The van der Waals surface area contributed by atoms with Crippen LogP contribution in [0.15, 0.2) is 11.1 Å². The molecule has 0 atom stereocenters. The van der Waals surface area contributed by atoms with E-state index in [2.05, 4.69) is 9.97 Å². The third kappa shape index (κ3) is 2.94. The number of rotatable bonds is 5. The van der Waals surface area contributed by atoms with Crippen LogP contribution in [0, 0.1) is 0 Å². The Balaban J connectivity index is 2.99. The van der Waals surface area contributed by atoms with E-state index in [0.717, 1.165) is 6.42 Å². The molecule has 1 rings (SSSR count). The molecule has 1 heterocycles. The SMILES string of the molecule is CCCN(CCO)c1nc[nH]c(=O)c1Cl. The minimum absolute atomic E-state index is 0.00477. The highest BCUT2D eigenvalue weighted by molar-refractivity contribution is 6.32. The lowest BCUT2D eigenvalue weighted by Crippen LogP contribution is -2.30. The van der Waals surface area contributed by atoms with Gasteiger partial charge in [-0.15, -0.1) is 0 Å². The van der Waals surface area contributed by atoms with E-state index in [1.54, 1.807) is 4.90 Å². The average molecular weight is 232 g/mol. The van der Waals surface area contributed by atoms with Gasteiger partial charge in [0.1, 0.15) is 5.02 Å². The van der Waals surface area contributed by atoms with Crippen molar-refractivity contribution in [3.63, 3.8) is 0 Å². The lowest BCUT2D eigenvalue weighted by Gasteiger charge is -2.22. The zero-order chi connectivity index (χ0) is 11.3. The summed E-state index contributed by atoms with van der Waals surface area (Å²) in [7, 11) is 0. The number of anilines is 1. The normalized spacial score (nSPS) is 10.3. The van der Waals surface area contributed by atoms with Gasteiger partial charge in [-0.25, -0.2) is 4.98 Å². The van der Waals surface area contributed by atoms with E-state index < -0.39 is 0 Å². The third-order valence-corrected chi connectivity index (χ3v) is 2.28. The van der Waals surface area contributed by atoms with E-state index in [4.69, 9.17) is 16.7 Å². The van der Waals surface area contributed by atoms with Crippen LogP contribution in [0.3, 0.4) is 0 Å². The molecule has 0 saturated heterocycles. The maximum absolute atomic E-state index is 11.2. The second kappa shape index (κ2) is 5.72. The van der Waals surface area contributed by atoms with Crippen molar-refractivity contribution >= 4 is 17.4 Å². The highest BCUT2D eigenvalue weighted by Crippen LogP contribution is 2.17. The average Bonchev–Trinajstić information content (AvgIpc) is 2.22. The molecule has 0 aliphatic heterocycles. The van der Waals surface area contributed by atoms with E-state index in [9.17, 15) is 4.79 Å². The Hall–Kier alpha value is -1.07. The summed E-state index contributed by atoms with van der Waals surface area (Å²) < 4.78 is 0. The first kappa shape index (κ1) is 12.0. The topological polar surface area (TPSA) is 69.2 Å². The molecule has 0 saturated carbocycles. The Morgan fingerprint density at radius 2 is 2.33 bits per heavy atom. The van der Waals surface area contributed by atoms with Crippen LogP contribution in [0.2, 0.25) is 5.02 Å². The zero-order valence-corrected chi connectivity index (χ0v) is 9.29. The number of hydrogen-bond donors (Lipinski definition) is 2. The van der Waals surface area contributed by atoms with E-state index in [0.29, 0.717) is 18.9 Å². The molecule has 1 aromatic heterocycles. The quantitative estimate of drug-likeness (QED) is 0.780. The van der Waals surface area contributed by atoms with E-state index in [-0.39, 0.29) is 17.2 Å². The zero-order valence-electron chi connectivity index (χ0n) is 8.53. The lowest BCUT2D eigenvalue weighted by molar-refractivity contribution is 0.301. The molecule has 0 bridgehead atoms. The van der Waals surface area contributed by atoms with Crippen LogP contribution in [0.5, 0.6) is 0 Å². The lowest BCUT2D eigenvalue weighted by atomic mass is 10.4. The second-order valence-corrected chi connectivity index (χ2v) is 3.46. The Morgan fingerprint density at radius 1 is 1.60 bits per heavy atom. The second-order valence-electron chi connectivity index (χ2n) is 3.08. The summed E-state index contributed by atoms with van der Waals surface area (Å²) in [4.78, 5) is 19.4. The molecule has 2 N–H and O–H groups in total. The van der Waals surface area contributed by atoms with Gasteiger partial charge in [0.05, 0.1) is 12.9 Å². The number of aromatic nitrogens is 2. The minimum atomic E-state index is -0.360. The summed E-state index contributed by atoms with van der Waals surface area (Å²) in [5.41, 5.74) is -0.360. The number of aliphatic hydroxyl groups is 1. The minimum Gasteiger partial charge on any atom is -0.395 e. The van der Waals surface area contributed by atoms with Crippen molar-refractivity contribution in [2.45, 2.75) is 13.3 Å². The summed E-state index contributed by atoms with van der Waals surface area (Å²) in [6, 6.07) is 0. The largest absolute Gasteiger partial charge is 0.395 e. The maximum Gasteiger partial charge on any atom is 0.271 e. The highest BCUT2D eigenvalue weighted by atomic mass is 35.5. The molecule has 0 spiro atoms. The van der Waals surface area contributed by atoms with Gasteiger partial charge in [0, 0.05) is 13.1 Å². The summed E-state index contributed by atoms with van der Waals surface area (Å²) >= 11 is 5.83. The summed E-state index contributed by atoms with van der Waals surface area (Å²) in [5, 5.41) is 8.96. The van der Waals surface area contributed by atoms with Gasteiger partial charge in [-0.05, 0) is 6.42 Å². The van der Waals surface area contributed by atoms with Gasteiger partial charge in [0.25, 0.3) is 5.56 Å². The Bertz CT molecular complexity index is 361. The molecular formula is C9H14ClN3O2. The highest BCUT2D eigenvalue weighted by Gasteiger charge is 2.12. The molecule has 0 fully saturated rings. The van der Waals surface area contributed by atoms with Crippen LogP contribution in [0.25, 0.3) is 0 Å². The summed E-state index contributed by atoms with van der Waals surface area (Å²) in [6.07, 6.45) is 2.20. The fraction of sp³-hybridized carbons (Fsp3) is 0.556. The van der Waals surface area contributed by atoms with Crippen molar-refractivity contribution < 1.29 is 5.11 Å². The molecular weight excluding hydrogens is 218 g/mol. The first-order valence-corrected chi connectivity index (χ1v) is 5.17. The first-order chi connectivity index (χ1) is 7.20. The van der Waals surface area contributed by atoms with Gasteiger partial charge in [-0.1, -0.05) is 18.5 Å². The maximum atomic E-state index is 11.2. The molecule has 15 heavy (non-hydrogen) atoms. The number of aliphatic hydroxyl groups excluding tert-OH is 1.